The van der Waals surface area contributed by atoms with Gasteiger partial charge in [0.2, 0.25) is 11.8 Å². The average molecular weight is 367 g/mol. The highest BCUT2D eigenvalue weighted by atomic mass is 35.5. The molecule has 0 aliphatic heterocycles. The topological polar surface area (TPSA) is 49.4 Å². The van der Waals surface area contributed by atoms with Crippen LogP contribution in [0.1, 0.15) is 18.9 Å². The molecule has 2 aromatic carbocycles. The van der Waals surface area contributed by atoms with Gasteiger partial charge in [0.15, 0.2) is 11.6 Å². The van der Waals surface area contributed by atoms with Crippen molar-refractivity contribution in [2.45, 2.75) is 20.3 Å². The van der Waals surface area contributed by atoms with Gasteiger partial charge in [-0.25, -0.2) is 8.78 Å². The maximum atomic E-state index is 13.2. The Bertz CT molecular complexity index is 812. The van der Waals surface area contributed by atoms with Crippen LogP contribution < -0.4 is 10.2 Å². The number of hydrogen-bond donors (Lipinski definition) is 1. The lowest BCUT2D eigenvalue weighted by Gasteiger charge is -2.23. The summed E-state index contributed by atoms with van der Waals surface area (Å²) in [4.78, 5) is 25.4. The molecule has 0 aliphatic rings. The van der Waals surface area contributed by atoms with Gasteiger partial charge in [-0.2, -0.15) is 0 Å². The van der Waals surface area contributed by atoms with Crippen LogP contribution in [0.4, 0.5) is 20.2 Å². The molecule has 0 aliphatic carbocycles. The van der Waals surface area contributed by atoms with E-state index in [4.69, 9.17) is 11.6 Å². The number of carbonyl (C=O) groups excluding carboxylic acids is 2. The molecular weight excluding hydrogens is 350 g/mol. The van der Waals surface area contributed by atoms with Crippen molar-refractivity contribution < 1.29 is 18.4 Å². The zero-order chi connectivity index (χ0) is 18.6. The van der Waals surface area contributed by atoms with Gasteiger partial charge in [-0.1, -0.05) is 17.7 Å². The highest BCUT2D eigenvalue weighted by Crippen LogP contribution is 2.25. The molecule has 0 saturated carbocycles. The maximum Gasteiger partial charge on any atom is 0.226 e. The van der Waals surface area contributed by atoms with Gasteiger partial charge >= 0.3 is 0 Å². The second-order valence-corrected chi connectivity index (χ2v) is 5.96. The summed E-state index contributed by atoms with van der Waals surface area (Å²) in [5.74, 6) is -2.68. The van der Waals surface area contributed by atoms with Crippen LogP contribution in [0.3, 0.4) is 0 Å². The molecule has 0 bridgehead atoms. The summed E-state index contributed by atoms with van der Waals surface area (Å²) in [6.07, 6.45) is -0.00940. The highest BCUT2D eigenvalue weighted by molar-refractivity contribution is 6.31. The number of rotatable bonds is 5. The van der Waals surface area contributed by atoms with Crippen LogP contribution in [-0.2, 0) is 9.59 Å². The number of nitrogens with zero attached hydrogens (tertiary/aromatic N) is 1. The third-order valence-electron chi connectivity index (χ3n) is 3.61. The van der Waals surface area contributed by atoms with Gasteiger partial charge in [-0.3, -0.25) is 9.59 Å². The predicted molar refractivity (Wildman–Crippen MR) is 93.8 cm³/mol. The van der Waals surface area contributed by atoms with Crippen LogP contribution >= 0.6 is 11.6 Å². The smallest absolute Gasteiger partial charge is 0.226 e. The number of anilines is 2. The Morgan fingerprint density at radius 1 is 1.12 bits per heavy atom. The van der Waals surface area contributed by atoms with E-state index in [-0.39, 0.29) is 24.6 Å². The Balaban J connectivity index is 2.05. The van der Waals surface area contributed by atoms with Gasteiger partial charge in [0, 0.05) is 42.4 Å². The van der Waals surface area contributed by atoms with E-state index >= 15 is 0 Å². The number of carbonyl (C=O) groups is 2. The van der Waals surface area contributed by atoms with Crippen molar-refractivity contribution in [3.63, 3.8) is 0 Å². The van der Waals surface area contributed by atoms with Gasteiger partial charge in [-0.05, 0) is 36.8 Å². The minimum absolute atomic E-state index is 0.00940. The zero-order valence-electron chi connectivity index (χ0n) is 13.8. The van der Waals surface area contributed by atoms with Gasteiger partial charge in [0.1, 0.15) is 0 Å². The second-order valence-electron chi connectivity index (χ2n) is 5.53. The van der Waals surface area contributed by atoms with Crippen molar-refractivity contribution in [3.8, 4) is 0 Å². The van der Waals surface area contributed by atoms with E-state index in [2.05, 4.69) is 5.32 Å². The molecule has 0 radical (unpaired) electrons. The molecule has 7 heteroatoms. The van der Waals surface area contributed by atoms with Gasteiger partial charge < -0.3 is 10.2 Å². The van der Waals surface area contributed by atoms with Crippen LogP contribution in [0.15, 0.2) is 36.4 Å². The molecular formula is C18H17ClF2N2O2. The fourth-order valence-electron chi connectivity index (χ4n) is 2.33. The van der Waals surface area contributed by atoms with Crippen LogP contribution in [0, 0.1) is 18.6 Å². The molecule has 2 rings (SSSR count). The van der Waals surface area contributed by atoms with Crippen LogP contribution in [0.25, 0.3) is 0 Å². The molecule has 0 unspecified atom stereocenters. The molecule has 0 aromatic heterocycles. The molecule has 0 saturated heterocycles. The quantitative estimate of drug-likeness (QED) is 0.857. The Morgan fingerprint density at radius 2 is 1.84 bits per heavy atom. The van der Waals surface area contributed by atoms with E-state index in [0.29, 0.717) is 10.7 Å². The summed E-state index contributed by atoms with van der Waals surface area (Å²) in [6.45, 7) is 3.36. The van der Waals surface area contributed by atoms with E-state index in [9.17, 15) is 18.4 Å². The fourth-order valence-corrected chi connectivity index (χ4v) is 2.50. The standard InChI is InChI=1S/C18H17ClF2N2O2/c1-11-3-4-13(19)9-17(11)23(12(2)24)8-7-18(25)22-14-5-6-15(20)16(21)10-14/h3-6,9-10H,7-8H2,1-2H3,(H,22,25). The maximum absolute atomic E-state index is 13.2. The van der Waals surface area contributed by atoms with Crippen molar-refractivity contribution in [3.05, 3.63) is 58.6 Å². The number of hydrogen-bond acceptors (Lipinski definition) is 2. The van der Waals surface area contributed by atoms with E-state index < -0.39 is 17.5 Å². The molecule has 0 atom stereocenters. The van der Waals surface area contributed by atoms with E-state index in [1.807, 2.05) is 6.92 Å². The average Bonchev–Trinajstić information content (AvgIpc) is 2.54. The van der Waals surface area contributed by atoms with Crippen molar-refractivity contribution in [1.29, 1.82) is 0 Å². The van der Waals surface area contributed by atoms with E-state index in [1.165, 1.54) is 17.9 Å². The Hall–Kier alpha value is -2.47. The van der Waals surface area contributed by atoms with E-state index in [0.717, 1.165) is 17.7 Å². The number of halogens is 3. The summed E-state index contributed by atoms with van der Waals surface area (Å²) in [5, 5.41) is 2.96. The molecule has 2 aromatic rings. The Morgan fingerprint density at radius 3 is 2.48 bits per heavy atom. The Kier molecular flexibility index (Phi) is 6.09. The zero-order valence-corrected chi connectivity index (χ0v) is 14.5. The molecule has 25 heavy (non-hydrogen) atoms. The molecule has 1 N–H and O–H groups in total. The van der Waals surface area contributed by atoms with Crippen molar-refractivity contribution in [2.75, 3.05) is 16.8 Å². The number of amides is 2. The summed E-state index contributed by atoms with van der Waals surface area (Å²) < 4.78 is 26.1. The SMILES string of the molecule is CC(=O)N(CCC(=O)Nc1ccc(F)c(F)c1)c1cc(Cl)ccc1C. The lowest BCUT2D eigenvalue weighted by Crippen LogP contribution is -2.32. The molecule has 132 valence electrons. The lowest BCUT2D eigenvalue weighted by atomic mass is 10.1. The summed E-state index contributed by atoms with van der Waals surface area (Å²) in [7, 11) is 0. The third kappa shape index (κ3) is 5.00. The van der Waals surface area contributed by atoms with Gasteiger partial charge in [0.05, 0.1) is 0 Å². The summed E-state index contributed by atoms with van der Waals surface area (Å²) in [5.41, 5.74) is 1.62. The predicted octanol–water partition coefficient (Wildman–Crippen LogP) is 4.31. The number of aryl methyl sites for hydroxylation is 1. The number of benzene rings is 2. The number of nitrogens with one attached hydrogen (secondary N) is 1. The third-order valence-corrected chi connectivity index (χ3v) is 3.84. The van der Waals surface area contributed by atoms with Gasteiger partial charge in [-0.15, -0.1) is 0 Å². The van der Waals surface area contributed by atoms with Crippen LogP contribution in [0.2, 0.25) is 5.02 Å². The summed E-state index contributed by atoms with van der Waals surface area (Å²) in [6, 6.07) is 8.26. The first-order valence-corrected chi connectivity index (χ1v) is 7.95. The molecule has 2 amide bonds. The monoisotopic (exact) mass is 366 g/mol. The second kappa shape index (κ2) is 8.07. The molecule has 0 heterocycles. The minimum atomic E-state index is -1.04. The first kappa shape index (κ1) is 18.9. The van der Waals surface area contributed by atoms with E-state index in [1.54, 1.807) is 18.2 Å². The van der Waals surface area contributed by atoms with Crippen molar-refractivity contribution in [2.24, 2.45) is 0 Å². The first-order valence-electron chi connectivity index (χ1n) is 7.57. The fraction of sp³-hybridized carbons (Fsp3) is 0.222. The summed E-state index contributed by atoms with van der Waals surface area (Å²) >= 11 is 5.98. The van der Waals surface area contributed by atoms with Crippen molar-refractivity contribution >= 4 is 34.8 Å². The molecule has 4 nitrogen and oxygen atoms in total. The largest absolute Gasteiger partial charge is 0.326 e. The Labute approximate surface area is 149 Å². The van der Waals surface area contributed by atoms with Crippen LogP contribution in [0.5, 0.6) is 0 Å². The van der Waals surface area contributed by atoms with Gasteiger partial charge in [0.25, 0.3) is 0 Å². The minimum Gasteiger partial charge on any atom is -0.326 e. The van der Waals surface area contributed by atoms with Crippen molar-refractivity contribution in [1.82, 2.24) is 0 Å². The lowest BCUT2D eigenvalue weighted by molar-refractivity contribution is -0.117. The normalized spacial score (nSPS) is 10.4. The molecule has 0 spiro atoms. The van der Waals surface area contributed by atoms with Crippen LogP contribution in [-0.4, -0.2) is 18.4 Å². The first-order chi connectivity index (χ1) is 11.8. The highest BCUT2D eigenvalue weighted by Gasteiger charge is 2.16. The molecule has 0 fully saturated rings.